The molecule has 0 unspecified atom stereocenters. The van der Waals surface area contributed by atoms with Crippen LogP contribution in [0, 0.1) is 0 Å². The van der Waals surface area contributed by atoms with E-state index < -0.39 is 18.0 Å². The molecule has 0 fully saturated rings. The lowest BCUT2D eigenvalue weighted by Crippen LogP contribution is -2.46. The fourth-order valence-corrected chi connectivity index (χ4v) is 1.71. The molecule has 3 N–H and O–H groups in total. The summed E-state index contributed by atoms with van der Waals surface area (Å²) in [4.78, 5) is 22.4. The molecule has 0 saturated carbocycles. The molecule has 0 radical (unpaired) electrons. The molecule has 1 atom stereocenters. The maximum absolute atomic E-state index is 11.5. The summed E-state index contributed by atoms with van der Waals surface area (Å²) >= 11 is 0. The first-order chi connectivity index (χ1) is 9.04. The quantitative estimate of drug-likeness (QED) is 0.671. The van der Waals surface area contributed by atoms with Gasteiger partial charge in [-0.1, -0.05) is 13.3 Å². The lowest BCUT2D eigenvalue weighted by molar-refractivity contribution is -0.139. The van der Waals surface area contributed by atoms with Crippen LogP contribution in [-0.4, -0.2) is 39.5 Å². The fraction of sp³-hybridized carbons (Fsp3) is 0.583. The molecule has 1 heterocycles. The third kappa shape index (κ3) is 4.99. The van der Waals surface area contributed by atoms with Gasteiger partial charge in [0, 0.05) is 31.9 Å². The average molecular weight is 268 g/mol. The minimum absolute atomic E-state index is 0.421. The zero-order chi connectivity index (χ0) is 14.3. The number of urea groups is 1. The van der Waals surface area contributed by atoms with Crippen molar-refractivity contribution in [3.8, 4) is 0 Å². The van der Waals surface area contributed by atoms with Gasteiger partial charge in [0.15, 0.2) is 0 Å². The van der Waals surface area contributed by atoms with Gasteiger partial charge in [0.2, 0.25) is 0 Å². The van der Waals surface area contributed by atoms with Crippen molar-refractivity contribution in [3.63, 3.8) is 0 Å². The van der Waals surface area contributed by atoms with Gasteiger partial charge in [0.25, 0.3) is 0 Å². The Labute approximate surface area is 112 Å². The van der Waals surface area contributed by atoms with Gasteiger partial charge in [0.05, 0.1) is 0 Å². The number of hydrogen-bond acceptors (Lipinski definition) is 3. The highest BCUT2D eigenvalue weighted by Crippen LogP contribution is 1.98. The van der Waals surface area contributed by atoms with Crippen molar-refractivity contribution < 1.29 is 14.7 Å². The molecule has 0 spiro atoms. The van der Waals surface area contributed by atoms with E-state index in [-0.39, 0.29) is 0 Å². The zero-order valence-electron chi connectivity index (χ0n) is 11.2. The maximum Gasteiger partial charge on any atom is 0.326 e. The second-order valence-electron chi connectivity index (χ2n) is 4.28. The number of hydrogen-bond donors (Lipinski definition) is 3. The maximum atomic E-state index is 11.5. The number of nitrogens with zero attached hydrogens (tertiary/aromatic N) is 2. The lowest BCUT2D eigenvalue weighted by Gasteiger charge is -2.14. The summed E-state index contributed by atoms with van der Waals surface area (Å²) in [5.74, 6) is -1.01. The Bertz CT molecular complexity index is 430. The van der Waals surface area contributed by atoms with Crippen LogP contribution in [-0.2, 0) is 18.3 Å². The zero-order valence-corrected chi connectivity index (χ0v) is 11.2. The summed E-state index contributed by atoms with van der Waals surface area (Å²) < 4.78 is 1.73. The van der Waals surface area contributed by atoms with Crippen LogP contribution in [0.5, 0.6) is 0 Å². The topological polar surface area (TPSA) is 96.3 Å². The molecule has 0 aromatic carbocycles. The van der Waals surface area contributed by atoms with Gasteiger partial charge < -0.3 is 15.7 Å². The van der Waals surface area contributed by atoms with Gasteiger partial charge in [-0.2, -0.15) is 5.10 Å². The molecule has 1 aromatic heterocycles. The van der Waals surface area contributed by atoms with E-state index in [0.29, 0.717) is 25.8 Å². The Morgan fingerprint density at radius 2 is 2.26 bits per heavy atom. The van der Waals surface area contributed by atoms with Gasteiger partial charge in [-0.15, -0.1) is 0 Å². The number of rotatable bonds is 7. The van der Waals surface area contributed by atoms with E-state index >= 15 is 0 Å². The van der Waals surface area contributed by atoms with E-state index in [4.69, 9.17) is 5.11 Å². The first-order valence-electron chi connectivity index (χ1n) is 6.28. The molecule has 7 nitrogen and oxygen atoms in total. The van der Waals surface area contributed by atoms with Gasteiger partial charge >= 0.3 is 12.0 Å². The third-order valence-electron chi connectivity index (χ3n) is 2.77. The van der Waals surface area contributed by atoms with Crippen LogP contribution in [0.4, 0.5) is 4.79 Å². The van der Waals surface area contributed by atoms with Crippen molar-refractivity contribution >= 4 is 12.0 Å². The van der Waals surface area contributed by atoms with Crippen molar-refractivity contribution in [1.29, 1.82) is 0 Å². The molecule has 0 bridgehead atoms. The highest BCUT2D eigenvalue weighted by Gasteiger charge is 2.18. The number of aliphatic carboxylic acids is 1. The first kappa shape index (κ1) is 15.0. The summed E-state index contributed by atoms with van der Waals surface area (Å²) in [6.45, 7) is 2.31. The summed E-state index contributed by atoms with van der Waals surface area (Å²) in [5, 5.41) is 18.0. The van der Waals surface area contributed by atoms with Crippen LogP contribution in [0.3, 0.4) is 0 Å². The Morgan fingerprint density at radius 3 is 2.79 bits per heavy atom. The van der Waals surface area contributed by atoms with Crippen LogP contribution in [0.1, 0.15) is 25.5 Å². The van der Waals surface area contributed by atoms with E-state index in [2.05, 4.69) is 15.7 Å². The van der Waals surface area contributed by atoms with Crippen molar-refractivity contribution in [3.05, 3.63) is 18.0 Å². The molecule has 0 aliphatic rings. The molecule has 7 heteroatoms. The number of aryl methyl sites for hydroxylation is 1. The first-order valence-corrected chi connectivity index (χ1v) is 6.28. The smallest absolute Gasteiger partial charge is 0.326 e. The van der Waals surface area contributed by atoms with Crippen molar-refractivity contribution in [2.75, 3.05) is 6.54 Å². The number of carbonyl (C=O) groups is 2. The van der Waals surface area contributed by atoms with Crippen LogP contribution in [0.2, 0.25) is 0 Å². The molecule has 1 aromatic rings. The standard InChI is InChI=1S/C12H20N4O3/c1-3-4-10(11(17)18)15-12(19)13-7-5-9-6-8-14-16(9)2/h6,8,10H,3-5,7H2,1-2H3,(H,17,18)(H2,13,15,19)/t10-/m1/s1. The van der Waals surface area contributed by atoms with Crippen molar-refractivity contribution in [2.24, 2.45) is 7.05 Å². The Kier molecular flexibility index (Phi) is 5.84. The monoisotopic (exact) mass is 268 g/mol. The largest absolute Gasteiger partial charge is 0.480 e. The van der Waals surface area contributed by atoms with Crippen molar-refractivity contribution in [2.45, 2.75) is 32.2 Å². The number of carbonyl (C=O) groups excluding carboxylic acids is 1. The minimum Gasteiger partial charge on any atom is -0.480 e. The second-order valence-corrected chi connectivity index (χ2v) is 4.28. The van der Waals surface area contributed by atoms with Crippen LogP contribution < -0.4 is 10.6 Å². The van der Waals surface area contributed by atoms with Crippen molar-refractivity contribution in [1.82, 2.24) is 20.4 Å². The van der Waals surface area contributed by atoms with Crippen LogP contribution in [0.15, 0.2) is 12.3 Å². The molecule has 0 aliphatic carbocycles. The Hall–Kier alpha value is -2.05. The summed E-state index contributed by atoms with van der Waals surface area (Å²) in [7, 11) is 1.83. The van der Waals surface area contributed by atoms with E-state index in [1.165, 1.54) is 0 Å². The predicted molar refractivity (Wildman–Crippen MR) is 69.8 cm³/mol. The molecule has 0 aliphatic heterocycles. The molecule has 0 saturated heterocycles. The third-order valence-corrected chi connectivity index (χ3v) is 2.77. The van der Waals surface area contributed by atoms with E-state index in [0.717, 1.165) is 5.69 Å². The van der Waals surface area contributed by atoms with E-state index in [9.17, 15) is 9.59 Å². The molecule has 106 valence electrons. The van der Waals surface area contributed by atoms with Gasteiger partial charge in [-0.05, 0) is 12.5 Å². The number of amides is 2. The highest BCUT2D eigenvalue weighted by atomic mass is 16.4. The Morgan fingerprint density at radius 1 is 1.53 bits per heavy atom. The molecule has 1 rings (SSSR count). The van der Waals surface area contributed by atoms with E-state index in [1.54, 1.807) is 10.9 Å². The van der Waals surface area contributed by atoms with Gasteiger partial charge in [-0.25, -0.2) is 9.59 Å². The predicted octanol–water partition coefficient (Wildman–Crippen LogP) is 0.515. The highest BCUT2D eigenvalue weighted by molar-refractivity contribution is 5.82. The van der Waals surface area contributed by atoms with Gasteiger partial charge in [0.1, 0.15) is 6.04 Å². The molecule has 19 heavy (non-hydrogen) atoms. The summed E-state index contributed by atoms with van der Waals surface area (Å²) in [6, 6.07) is 0.584. The lowest BCUT2D eigenvalue weighted by atomic mass is 10.2. The number of carboxylic acids is 1. The van der Waals surface area contributed by atoms with E-state index in [1.807, 2.05) is 20.0 Å². The molecule has 2 amide bonds. The molecular formula is C12H20N4O3. The normalized spacial score (nSPS) is 11.9. The second kappa shape index (κ2) is 7.40. The summed E-state index contributed by atoms with van der Waals surface area (Å²) in [6.07, 6.45) is 3.46. The van der Waals surface area contributed by atoms with Gasteiger partial charge in [-0.3, -0.25) is 4.68 Å². The Balaban J connectivity index is 2.31. The molecular weight excluding hydrogens is 248 g/mol. The minimum atomic E-state index is -1.01. The SMILES string of the molecule is CCC[C@@H](NC(=O)NCCc1ccnn1C)C(=O)O. The summed E-state index contributed by atoms with van der Waals surface area (Å²) in [5.41, 5.74) is 1.00. The van der Waals surface area contributed by atoms with Crippen LogP contribution >= 0.6 is 0 Å². The average Bonchev–Trinajstić information content (AvgIpc) is 2.74. The number of carboxylic acid groups (broad SMARTS) is 1. The fourth-order valence-electron chi connectivity index (χ4n) is 1.71. The van der Waals surface area contributed by atoms with Crippen LogP contribution in [0.25, 0.3) is 0 Å². The number of nitrogens with one attached hydrogen (secondary N) is 2. The number of aromatic nitrogens is 2.